The van der Waals surface area contributed by atoms with Crippen molar-refractivity contribution in [2.24, 2.45) is 5.92 Å². The normalized spacial score (nSPS) is 13.0. The number of carboxylic acids is 1. The number of Topliss-reactive ketones (excluding diaryl/α,β-unsaturated/α-hetero) is 1. The Hall–Kier alpha value is -2.37. The third kappa shape index (κ3) is 6.40. The highest BCUT2D eigenvalue weighted by Crippen LogP contribution is 2.14. The first-order chi connectivity index (χ1) is 11.3. The molecule has 0 radical (unpaired) electrons. The van der Waals surface area contributed by atoms with Crippen LogP contribution in [0.2, 0.25) is 0 Å². The number of ether oxygens (including phenoxy) is 1. The van der Waals surface area contributed by atoms with Gasteiger partial charge in [0.25, 0.3) is 0 Å². The molecule has 1 aromatic rings. The maximum absolute atomic E-state index is 12.1. The minimum Gasteiger partial charge on any atom is -0.494 e. The quantitative estimate of drug-likeness (QED) is 0.641. The van der Waals surface area contributed by atoms with Gasteiger partial charge in [0, 0.05) is 24.4 Å². The van der Waals surface area contributed by atoms with E-state index in [1.807, 2.05) is 6.92 Å². The molecule has 0 saturated heterocycles. The van der Waals surface area contributed by atoms with Crippen molar-refractivity contribution >= 4 is 17.7 Å². The number of aliphatic carboxylic acids is 1. The third-order valence-electron chi connectivity index (χ3n) is 3.76. The van der Waals surface area contributed by atoms with E-state index in [0.717, 1.165) is 6.42 Å². The van der Waals surface area contributed by atoms with Crippen LogP contribution in [-0.4, -0.2) is 35.4 Å². The van der Waals surface area contributed by atoms with Gasteiger partial charge >= 0.3 is 5.97 Å². The summed E-state index contributed by atoms with van der Waals surface area (Å²) >= 11 is 0. The Labute approximate surface area is 142 Å². The molecule has 1 rings (SSSR count). The van der Waals surface area contributed by atoms with Crippen LogP contribution in [0.5, 0.6) is 5.75 Å². The Morgan fingerprint density at radius 3 is 2.29 bits per heavy atom. The van der Waals surface area contributed by atoms with Crippen LogP contribution in [0.1, 0.15) is 50.4 Å². The van der Waals surface area contributed by atoms with Crippen molar-refractivity contribution < 1.29 is 24.2 Å². The molecular weight excluding hydrogens is 310 g/mol. The largest absolute Gasteiger partial charge is 0.494 e. The fraction of sp³-hybridized carbons (Fsp3) is 0.500. The molecule has 6 heteroatoms. The van der Waals surface area contributed by atoms with Crippen LogP contribution in [0.4, 0.5) is 0 Å². The first kappa shape index (κ1) is 19.7. The van der Waals surface area contributed by atoms with Gasteiger partial charge in [-0.25, -0.2) is 0 Å². The van der Waals surface area contributed by atoms with Gasteiger partial charge in [0.05, 0.1) is 12.5 Å². The zero-order valence-electron chi connectivity index (χ0n) is 14.4. The van der Waals surface area contributed by atoms with Gasteiger partial charge in [0.1, 0.15) is 5.75 Å². The van der Waals surface area contributed by atoms with Gasteiger partial charge in [-0.2, -0.15) is 0 Å². The van der Waals surface area contributed by atoms with Crippen molar-refractivity contribution in [1.82, 2.24) is 5.32 Å². The van der Waals surface area contributed by atoms with Crippen LogP contribution >= 0.6 is 0 Å². The number of hydrogen-bond donors (Lipinski definition) is 2. The van der Waals surface area contributed by atoms with E-state index >= 15 is 0 Å². The summed E-state index contributed by atoms with van der Waals surface area (Å²) in [5.74, 6) is -1.40. The molecule has 2 atom stereocenters. The van der Waals surface area contributed by atoms with Crippen LogP contribution in [0.25, 0.3) is 0 Å². The van der Waals surface area contributed by atoms with Crippen LogP contribution in [0.3, 0.4) is 0 Å². The summed E-state index contributed by atoms with van der Waals surface area (Å²) < 4.78 is 5.45. The minimum absolute atomic E-state index is 0.0313. The molecule has 24 heavy (non-hydrogen) atoms. The zero-order chi connectivity index (χ0) is 18.1. The highest BCUT2D eigenvalue weighted by atomic mass is 16.5. The lowest BCUT2D eigenvalue weighted by Gasteiger charge is -2.17. The van der Waals surface area contributed by atoms with Crippen molar-refractivity contribution in [3.8, 4) is 5.75 Å². The molecule has 0 saturated carbocycles. The summed E-state index contributed by atoms with van der Waals surface area (Å²) in [6.45, 7) is 5.80. The summed E-state index contributed by atoms with van der Waals surface area (Å²) in [5.41, 5.74) is 0.526. The van der Waals surface area contributed by atoms with Crippen molar-refractivity contribution in [3.05, 3.63) is 29.8 Å². The molecule has 1 aromatic carbocycles. The number of rotatable bonds is 10. The highest BCUT2D eigenvalue weighted by molar-refractivity contribution is 5.98. The molecule has 0 bridgehead atoms. The highest BCUT2D eigenvalue weighted by Gasteiger charge is 2.21. The summed E-state index contributed by atoms with van der Waals surface area (Å²) in [7, 11) is 0. The number of carboxylic acid groups (broad SMARTS) is 1. The van der Waals surface area contributed by atoms with Gasteiger partial charge in [-0.05, 0) is 44.5 Å². The lowest BCUT2D eigenvalue weighted by molar-refractivity contribution is -0.142. The van der Waals surface area contributed by atoms with Gasteiger partial charge in [-0.3, -0.25) is 14.4 Å². The summed E-state index contributed by atoms with van der Waals surface area (Å²) in [5, 5.41) is 11.5. The second kappa shape index (κ2) is 9.70. The van der Waals surface area contributed by atoms with E-state index in [2.05, 4.69) is 5.32 Å². The predicted molar refractivity (Wildman–Crippen MR) is 90.2 cm³/mol. The molecule has 0 aromatic heterocycles. The van der Waals surface area contributed by atoms with Crippen LogP contribution in [0.15, 0.2) is 24.3 Å². The van der Waals surface area contributed by atoms with E-state index in [1.54, 1.807) is 31.2 Å². The first-order valence-corrected chi connectivity index (χ1v) is 8.13. The average molecular weight is 335 g/mol. The number of carbonyl (C=O) groups is 3. The Morgan fingerprint density at radius 1 is 1.12 bits per heavy atom. The van der Waals surface area contributed by atoms with Crippen molar-refractivity contribution in [2.75, 3.05) is 6.61 Å². The van der Waals surface area contributed by atoms with E-state index < -0.39 is 17.9 Å². The predicted octanol–water partition coefficient (Wildman–Crippen LogP) is 2.66. The maximum Gasteiger partial charge on any atom is 0.308 e. The van der Waals surface area contributed by atoms with Crippen LogP contribution in [0, 0.1) is 5.92 Å². The topological polar surface area (TPSA) is 92.7 Å². The summed E-state index contributed by atoms with van der Waals surface area (Å²) in [4.78, 5) is 34.8. The average Bonchev–Trinajstić information content (AvgIpc) is 2.57. The first-order valence-electron chi connectivity index (χ1n) is 8.13. The molecule has 2 unspecified atom stereocenters. The molecule has 0 aliphatic carbocycles. The van der Waals surface area contributed by atoms with E-state index in [4.69, 9.17) is 9.84 Å². The zero-order valence-corrected chi connectivity index (χ0v) is 14.4. The minimum atomic E-state index is -0.968. The second-order valence-corrected chi connectivity index (χ2v) is 5.78. The number of amides is 1. The van der Waals surface area contributed by atoms with Gasteiger partial charge in [0.2, 0.25) is 5.91 Å². The summed E-state index contributed by atoms with van der Waals surface area (Å²) in [6.07, 6.45) is 1.02. The molecule has 0 spiro atoms. The molecule has 1 amide bonds. The molecule has 0 aliphatic rings. The molecule has 6 nitrogen and oxygen atoms in total. The molecule has 2 N–H and O–H groups in total. The Balaban J connectivity index is 2.45. The van der Waals surface area contributed by atoms with Gasteiger partial charge in [0.15, 0.2) is 5.78 Å². The third-order valence-corrected chi connectivity index (χ3v) is 3.76. The van der Waals surface area contributed by atoms with Crippen LogP contribution < -0.4 is 10.1 Å². The molecular formula is C18H25NO5. The number of benzene rings is 1. The molecule has 0 fully saturated rings. The number of nitrogens with one attached hydrogen (secondary N) is 1. The van der Waals surface area contributed by atoms with E-state index in [9.17, 15) is 14.4 Å². The SMILES string of the molecule is CCCOc1ccc(C(=O)CCC(=O)NC(C)C(C)C(=O)O)cc1. The monoisotopic (exact) mass is 335 g/mol. The van der Waals surface area contributed by atoms with E-state index in [1.165, 1.54) is 6.92 Å². The number of ketones is 1. The number of hydrogen-bond acceptors (Lipinski definition) is 4. The molecule has 0 aliphatic heterocycles. The Morgan fingerprint density at radius 2 is 1.75 bits per heavy atom. The van der Waals surface area contributed by atoms with Gasteiger partial charge in [-0.15, -0.1) is 0 Å². The fourth-order valence-electron chi connectivity index (χ4n) is 1.99. The van der Waals surface area contributed by atoms with Crippen LogP contribution in [-0.2, 0) is 9.59 Å². The fourth-order valence-corrected chi connectivity index (χ4v) is 1.99. The molecule has 0 heterocycles. The summed E-state index contributed by atoms with van der Waals surface area (Å²) in [6, 6.07) is 6.35. The Bertz CT molecular complexity index is 567. The van der Waals surface area contributed by atoms with Gasteiger partial charge < -0.3 is 15.2 Å². The van der Waals surface area contributed by atoms with Crippen molar-refractivity contribution in [2.45, 2.75) is 46.1 Å². The lowest BCUT2D eigenvalue weighted by atomic mass is 10.0. The maximum atomic E-state index is 12.1. The number of carbonyl (C=O) groups excluding carboxylic acids is 2. The lowest BCUT2D eigenvalue weighted by Crippen LogP contribution is -2.40. The van der Waals surface area contributed by atoms with E-state index in [0.29, 0.717) is 17.9 Å². The molecule has 132 valence electrons. The standard InChI is InChI=1S/C18H25NO5/c1-4-11-24-15-7-5-14(6-8-15)16(20)9-10-17(21)19-13(3)12(2)18(22)23/h5-8,12-13H,4,9-11H2,1-3H3,(H,19,21)(H,22,23). The smallest absolute Gasteiger partial charge is 0.308 e. The van der Waals surface area contributed by atoms with E-state index in [-0.39, 0.29) is 24.5 Å². The van der Waals surface area contributed by atoms with Crippen molar-refractivity contribution in [1.29, 1.82) is 0 Å². The Kier molecular flexibility index (Phi) is 7.95. The second-order valence-electron chi connectivity index (χ2n) is 5.78. The van der Waals surface area contributed by atoms with Gasteiger partial charge in [-0.1, -0.05) is 6.92 Å². The van der Waals surface area contributed by atoms with Crippen molar-refractivity contribution in [3.63, 3.8) is 0 Å².